The third-order valence-corrected chi connectivity index (χ3v) is 4.04. The summed E-state index contributed by atoms with van der Waals surface area (Å²) in [6.07, 6.45) is 0. The molecule has 0 saturated heterocycles. The predicted octanol–water partition coefficient (Wildman–Crippen LogP) is 4.79. The van der Waals surface area contributed by atoms with Gasteiger partial charge in [0.2, 0.25) is 0 Å². The van der Waals surface area contributed by atoms with Gasteiger partial charge in [-0.25, -0.2) is 4.98 Å². The van der Waals surface area contributed by atoms with Crippen LogP contribution in [0.1, 0.15) is 5.56 Å². The summed E-state index contributed by atoms with van der Waals surface area (Å²) in [5.74, 6) is 0.720. The lowest BCUT2D eigenvalue weighted by Crippen LogP contribution is -2.00. The van der Waals surface area contributed by atoms with E-state index in [0.717, 1.165) is 15.7 Å². The molecule has 1 heterocycles. The monoisotopic (exact) mass is 345 g/mol. The van der Waals surface area contributed by atoms with Crippen LogP contribution in [0.2, 0.25) is 10.0 Å². The van der Waals surface area contributed by atoms with Crippen molar-refractivity contribution in [2.75, 3.05) is 11.1 Å². The van der Waals surface area contributed by atoms with Crippen molar-refractivity contribution in [3.63, 3.8) is 0 Å². The van der Waals surface area contributed by atoms with Crippen LogP contribution < -0.4 is 11.1 Å². The number of nitrogens with zero attached hydrogens (tertiary/aromatic N) is 1. The molecule has 0 amide bonds. The maximum atomic E-state index is 6.06. The number of anilines is 3. The maximum absolute atomic E-state index is 6.06. The summed E-state index contributed by atoms with van der Waals surface area (Å²) in [5.41, 5.74) is 7.63. The van der Waals surface area contributed by atoms with E-state index in [1.165, 1.54) is 0 Å². The summed E-state index contributed by atoms with van der Waals surface area (Å²) in [4.78, 5) is 4.12. The minimum absolute atomic E-state index is 0.243. The molecular weight excluding hydrogens is 337 g/mol. The van der Waals surface area contributed by atoms with Crippen LogP contribution in [0.15, 0.2) is 28.7 Å². The Morgan fingerprint density at radius 3 is 2.72 bits per heavy atom. The predicted molar refractivity (Wildman–Crippen MR) is 80.8 cm³/mol. The number of halogens is 3. The summed E-state index contributed by atoms with van der Waals surface area (Å²) in [5, 5.41) is 3.88. The standard InChI is InChI=1S/C12H10BrCl2N3/c1-6-3-2-4-9(10(6)13)17-12-8(15)5-7(14)11(16)18-12/h2-5H,1H3,(H3,16,17,18). The van der Waals surface area contributed by atoms with Crippen LogP contribution >= 0.6 is 39.1 Å². The molecule has 18 heavy (non-hydrogen) atoms. The fourth-order valence-electron chi connectivity index (χ4n) is 1.44. The number of aryl methyl sites for hydroxylation is 1. The van der Waals surface area contributed by atoms with E-state index in [-0.39, 0.29) is 5.82 Å². The molecule has 0 aliphatic rings. The van der Waals surface area contributed by atoms with Crippen molar-refractivity contribution in [1.82, 2.24) is 4.98 Å². The Balaban J connectivity index is 2.40. The van der Waals surface area contributed by atoms with Gasteiger partial charge < -0.3 is 11.1 Å². The zero-order valence-electron chi connectivity index (χ0n) is 9.47. The summed E-state index contributed by atoms with van der Waals surface area (Å²) < 4.78 is 0.955. The minimum atomic E-state index is 0.243. The molecule has 6 heteroatoms. The van der Waals surface area contributed by atoms with Crippen molar-refractivity contribution in [2.45, 2.75) is 6.92 Å². The highest BCUT2D eigenvalue weighted by Crippen LogP contribution is 2.33. The largest absolute Gasteiger partial charge is 0.382 e. The SMILES string of the molecule is Cc1cccc(Nc2nc(N)c(Cl)cc2Cl)c1Br. The maximum Gasteiger partial charge on any atom is 0.151 e. The summed E-state index contributed by atoms with van der Waals surface area (Å²) in [7, 11) is 0. The van der Waals surface area contributed by atoms with Crippen LogP contribution in [-0.2, 0) is 0 Å². The van der Waals surface area contributed by atoms with E-state index >= 15 is 0 Å². The molecule has 3 nitrogen and oxygen atoms in total. The number of aromatic nitrogens is 1. The van der Waals surface area contributed by atoms with Gasteiger partial charge in [0.05, 0.1) is 15.7 Å². The molecule has 0 unspecified atom stereocenters. The minimum Gasteiger partial charge on any atom is -0.382 e. The van der Waals surface area contributed by atoms with Gasteiger partial charge in [0.1, 0.15) is 5.82 Å². The Hall–Kier alpha value is -0.970. The van der Waals surface area contributed by atoms with Gasteiger partial charge in [0.15, 0.2) is 5.82 Å². The second-order valence-electron chi connectivity index (χ2n) is 3.75. The summed E-state index contributed by atoms with van der Waals surface area (Å²) >= 11 is 15.4. The first kappa shape index (κ1) is 13.5. The molecule has 1 aromatic carbocycles. The molecule has 94 valence electrons. The van der Waals surface area contributed by atoms with Crippen molar-refractivity contribution in [1.29, 1.82) is 0 Å². The van der Waals surface area contributed by atoms with Gasteiger partial charge in [0.25, 0.3) is 0 Å². The molecule has 0 aliphatic heterocycles. The van der Waals surface area contributed by atoms with Gasteiger partial charge in [-0.15, -0.1) is 0 Å². The molecule has 2 aromatic rings. The summed E-state index contributed by atoms with van der Waals surface area (Å²) in [6, 6.07) is 7.42. The molecule has 2 rings (SSSR count). The number of benzene rings is 1. The zero-order valence-corrected chi connectivity index (χ0v) is 12.6. The first-order valence-corrected chi connectivity index (χ1v) is 6.67. The lowest BCUT2D eigenvalue weighted by molar-refractivity contribution is 1.30. The highest BCUT2D eigenvalue weighted by atomic mass is 79.9. The molecule has 0 atom stereocenters. The number of hydrogen-bond donors (Lipinski definition) is 2. The first-order valence-electron chi connectivity index (χ1n) is 5.12. The van der Waals surface area contributed by atoms with Crippen molar-refractivity contribution < 1.29 is 0 Å². The van der Waals surface area contributed by atoms with Crippen LogP contribution in [0.3, 0.4) is 0 Å². The third kappa shape index (κ3) is 2.71. The Kier molecular flexibility index (Phi) is 4.00. The van der Waals surface area contributed by atoms with E-state index < -0.39 is 0 Å². The van der Waals surface area contributed by atoms with Crippen LogP contribution in [0, 0.1) is 6.92 Å². The molecule has 0 aliphatic carbocycles. The van der Waals surface area contributed by atoms with Crippen molar-refractivity contribution in [3.8, 4) is 0 Å². The molecule has 1 aromatic heterocycles. The highest BCUT2D eigenvalue weighted by Gasteiger charge is 2.09. The van der Waals surface area contributed by atoms with Gasteiger partial charge in [-0.05, 0) is 40.5 Å². The molecule has 0 fully saturated rings. The molecule has 0 spiro atoms. The zero-order chi connectivity index (χ0) is 13.3. The molecule has 0 saturated carbocycles. The van der Waals surface area contributed by atoms with E-state index in [2.05, 4.69) is 26.2 Å². The van der Waals surface area contributed by atoms with E-state index in [9.17, 15) is 0 Å². The van der Waals surface area contributed by atoms with Gasteiger partial charge in [-0.1, -0.05) is 35.3 Å². The smallest absolute Gasteiger partial charge is 0.151 e. The van der Waals surface area contributed by atoms with Crippen LogP contribution in [-0.4, -0.2) is 4.98 Å². The number of nitrogens with two attached hydrogens (primary N) is 1. The van der Waals surface area contributed by atoms with Crippen molar-refractivity contribution in [2.24, 2.45) is 0 Å². The third-order valence-electron chi connectivity index (χ3n) is 2.40. The van der Waals surface area contributed by atoms with Gasteiger partial charge in [-0.3, -0.25) is 0 Å². The van der Waals surface area contributed by atoms with E-state index in [1.807, 2.05) is 25.1 Å². The Labute approximate surface area is 123 Å². The molecule has 0 radical (unpaired) electrons. The van der Waals surface area contributed by atoms with Crippen LogP contribution in [0.25, 0.3) is 0 Å². The normalized spacial score (nSPS) is 10.4. The number of nitrogen functional groups attached to an aromatic ring is 1. The second-order valence-corrected chi connectivity index (χ2v) is 5.35. The second kappa shape index (κ2) is 5.34. The van der Waals surface area contributed by atoms with Crippen molar-refractivity contribution >= 4 is 56.5 Å². The summed E-state index contributed by atoms with van der Waals surface area (Å²) in [6.45, 7) is 2.00. The van der Waals surface area contributed by atoms with Gasteiger partial charge in [0, 0.05) is 4.47 Å². The number of pyridine rings is 1. The fourth-order valence-corrected chi connectivity index (χ4v) is 2.21. The van der Waals surface area contributed by atoms with E-state index in [1.54, 1.807) is 6.07 Å². The van der Waals surface area contributed by atoms with Gasteiger partial charge >= 0.3 is 0 Å². The average Bonchev–Trinajstić information content (AvgIpc) is 2.32. The molecule has 3 N–H and O–H groups in total. The van der Waals surface area contributed by atoms with Crippen molar-refractivity contribution in [3.05, 3.63) is 44.3 Å². The van der Waals surface area contributed by atoms with E-state index in [4.69, 9.17) is 28.9 Å². The highest BCUT2D eigenvalue weighted by molar-refractivity contribution is 9.10. The lowest BCUT2D eigenvalue weighted by atomic mass is 10.2. The van der Waals surface area contributed by atoms with Crippen LogP contribution in [0.5, 0.6) is 0 Å². The number of hydrogen-bond acceptors (Lipinski definition) is 3. The fraction of sp³-hybridized carbons (Fsp3) is 0.0833. The molecule has 0 bridgehead atoms. The van der Waals surface area contributed by atoms with Gasteiger partial charge in [-0.2, -0.15) is 0 Å². The lowest BCUT2D eigenvalue weighted by Gasteiger charge is -2.11. The van der Waals surface area contributed by atoms with E-state index in [0.29, 0.717) is 15.9 Å². The topological polar surface area (TPSA) is 50.9 Å². The number of nitrogens with one attached hydrogen (secondary N) is 1. The Bertz CT molecular complexity index is 602. The first-order chi connectivity index (χ1) is 8.49. The quantitative estimate of drug-likeness (QED) is 0.822. The van der Waals surface area contributed by atoms with Crippen LogP contribution in [0.4, 0.5) is 17.3 Å². The molecular formula is C12H10BrCl2N3. The number of rotatable bonds is 2. The Morgan fingerprint density at radius 1 is 1.28 bits per heavy atom. The Morgan fingerprint density at radius 2 is 2.00 bits per heavy atom. The average molecular weight is 347 g/mol.